The third kappa shape index (κ3) is 4.57. The minimum atomic E-state index is -0.316. The van der Waals surface area contributed by atoms with Gasteiger partial charge in [0, 0.05) is 32.2 Å². The van der Waals surface area contributed by atoms with Crippen molar-refractivity contribution < 1.29 is 14.3 Å². The van der Waals surface area contributed by atoms with Crippen LogP contribution in [0, 0.1) is 0 Å². The molecule has 2 aromatic carbocycles. The molecule has 0 atom stereocenters. The first-order chi connectivity index (χ1) is 14.7. The number of nitrogens with zero attached hydrogens (tertiary/aromatic N) is 3. The van der Waals surface area contributed by atoms with Crippen LogP contribution in [0.1, 0.15) is 28.7 Å². The average Bonchev–Trinajstić information content (AvgIpc) is 3.20. The molecule has 1 aromatic heterocycles. The number of methoxy groups -OCH3 is 1. The number of benzene rings is 2. The molecule has 0 radical (unpaired) electrons. The summed E-state index contributed by atoms with van der Waals surface area (Å²) in [4.78, 5) is 21.7. The van der Waals surface area contributed by atoms with Gasteiger partial charge in [0.15, 0.2) is 0 Å². The first-order valence-electron chi connectivity index (χ1n) is 10.3. The summed E-state index contributed by atoms with van der Waals surface area (Å²) in [5.41, 5.74) is 2.54. The molecule has 30 heavy (non-hydrogen) atoms. The van der Waals surface area contributed by atoms with Gasteiger partial charge in [0.05, 0.1) is 41.7 Å². The average molecular weight is 426 g/mol. The molecule has 0 N–H and O–H groups in total. The van der Waals surface area contributed by atoms with Crippen molar-refractivity contribution in [3.63, 3.8) is 0 Å². The van der Waals surface area contributed by atoms with Crippen LogP contribution in [0.2, 0.25) is 0 Å². The first-order valence-corrected chi connectivity index (χ1v) is 11.2. The second kappa shape index (κ2) is 9.45. The van der Waals surface area contributed by atoms with Gasteiger partial charge in [0.1, 0.15) is 10.8 Å². The van der Waals surface area contributed by atoms with Crippen LogP contribution < -0.4 is 9.64 Å². The highest BCUT2D eigenvalue weighted by Crippen LogP contribution is 2.29. The molecule has 1 fully saturated rings. The molecule has 1 aliphatic rings. The largest absolute Gasteiger partial charge is 0.494 e. The summed E-state index contributed by atoms with van der Waals surface area (Å²) in [6.07, 6.45) is 0.943. The zero-order chi connectivity index (χ0) is 20.9. The van der Waals surface area contributed by atoms with Gasteiger partial charge in [-0.1, -0.05) is 19.1 Å². The molecular formula is C23H27N3O3S. The molecule has 6 nitrogen and oxygen atoms in total. The van der Waals surface area contributed by atoms with E-state index < -0.39 is 0 Å². The van der Waals surface area contributed by atoms with Gasteiger partial charge < -0.3 is 14.4 Å². The van der Waals surface area contributed by atoms with Gasteiger partial charge >= 0.3 is 5.97 Å². The highest BCUT2D eigenvalue weighted by molar-refractivity contribution is 7.18. The lowest BCUT2D eigenvalue weighted by molar-refractivity contribution is 0.0601. The van der Waals surface area contributed by atoms with Crippen molar-refractivity contribution in [3.8, 4) is 5.75 Å². The molecule has 0 saturated carbocycles. The van der Waals surface area contributed by atoms with Gasteiger partial charge in [-0.2, -0.15) is 0 Å². The van der Waals surface area contributed by atoms with Crippen LogP contribution >= 0.6 is 11.3 Å². The van der Waals surface area contributed by atoms with Crippen molar-refractivity contribution in [2.75, 3.05) is 44.8 Å². The van der Waals surface area contributed by atoms with Crippen LogP contribution in [0.15, 0.2) is 42.5 Å². The highest BCUT2D eigenvalue weighted by atomic mass is 32.1. The number of hydrogen-bond donors (Lipinski definition) is 0. The van der Waals surface area contributed by atoms with Crippen LogP contribution in [0.4, 0.5) is 5.69 Å². The lowest BCUT2D eigenvalue weighted by Crippen LogP contribution is -2.46. The monoisotopic (exact) mass is 425 g/mol. The molecule has 0 aliphatic carbocycles. The number of carbonyl (C=O) groups excluding carboxylic acids is 1. The van der Waals surface area contributed by atoms with E-state index in [4.69, 9.17) is 14.5 Å². The molecule has 2 heterocycles. The van der Waals surface area contributed by atoms with Crippen molar-refractivity contribution in [2.24, 2.45) is 0 Å². The summed E-state index contributed by atoms with van der Waals surface area (Å²) in [5, 5.41) is 1.15. The quantitative estimate of drug-likeness (QED) is 0.529. The molecule has 1 saturated heterocycles. The fourth-order valence-corrected chi connectivity index (χ4v) is 4.70. The van der Waals surface area contributed by atoms with Crippen LogP contribution in [-0.4, -0.2) is 55.7 Å². The van der Waals surface area contributed by atoms with E-state index >= 15 is 0 Å². The van der Waals surface area contributed by atoms with Gasteiger partial charge in [-0.25, -0.2) is 9.78 Å². The number of para-hydroxylation sites is 1. The molecule has 3 aromatic rings. The molecule has 0 unspecified atom stereocenters. The molecule has 0 amide bonds. The van der Waals surface area contributed by atoms with Gasteiger partial charge in [0.25, 0.3) is 0 Å². The Kier molecular flexibility index (Phi) is 6.50. The van der Waals surface area contributed by atoms with Gasteiger partial charge in [-0.05, 0) is 30.7 Å². The zero-order valence-corrected chi connectivity index (χ0v) is 18.3. The van der Waals surface area contributed by atoms with Crippen molar-refractivity contribution in [1.29, 1.82) is 0 Å². The van der Waals surface area contributed by atoms with E-state index in [9.17, 15) is 4.79 Å². The van der Waals surface area contributed by atoms with Crippen LogP contribution in [0.3, 0.4) is 0 Å². The summed E-state index contributed by atoms with van der Waals surface area (Å²) < 4.78 is 12.0. The number of ether oxygens (including phenoxy) is 2. The number of carbonyl (C=O) groups is 1. The van der Waals surface area contributed by atoms with Crippen molar-refractivity contribution in [2.45, 2.75) is 19.9 Å². The van der Waals surface area contributed by atoms with E-state index in [1.807, 2.05) is 18.2 Å². The Morgan fingerprint density at radius 1 is 1.13 bits per heavy atom. The molecule has 4 rings (SSSR count). The number of hydrogen-bond acceptors (Lipinski definition) is 7. The normalized spacial score (nSPS) is 14.8. The SMILES string of the molecule is CCCOc1ccc(C(=O)OC)c(N2CCN(Cc3nc4ccccc4s3)CC2)c1. The van der Waals surface area contributed by atoms with Crippen molar-refractivity contribution >= 4 is 33.2 Å². The second-order valence-electron chi connectivity index (χ2n) is 7.36. The zero-order valence-electron chi connectivity index (χ0n) is 17.5. The fourth-order valence-electron chi connectivity index (χ4n) is 3.69. The number of fused-ring (bicyclic) bond motifs is 1. The molecule has 158 valence electrons. The molecule has 0 bridgehead atoms. The van der Waals surface area contributed by atoms with E-state index in [2.05, 4.69) is 34.9 Å². The Labute approximate surface area is 181 Å². The van der Waals surface area contributed by atoms with E-state index in [-0.39, 0.29) is 5.97 Å². The predicted octanol–water partition coefficient (Wildman–Crippen LogP) is 4.19. The minimum absolute atomic E-state index is 0.316. The Morgan fingerprint density at radius 2 is 1.93 bits per heavy atom. The maximum atomic E-state index is 12.3. The van der Waals surface area contributed by atoms with Crippen LogP contribution in [0.5, 0.6) is 5.75 Å². The lowest BCUT2D eigenvalue weighted by Gasteiger charge is -2.36. The fraction of sp³-hybridized carbons (Fsp3) is 0.391. The number of esters is 1. The summed E-state index contributed by atoms with van der Waals surface area (Å²) in [6.45, 7) is 7.10. The standard InChI is InChI=1S/C23H27N3O3S/c1-3-14-29-17-8-9-18(23(27)28-2)20(15-17)26-12-10-25(11-13-26)16-22-24-19-6-4-5-7-21(19)30-22/h4-9,15H,3,10-14,16H2,1-2H3. The number of aromatic nitrogens is 1. The van der Waals surface area contributed by atoms with E-state index in [0.717, 1.165) is 61.1 Å². The number of rotatable bonds is 7. The van der Waals surface area contributed by atoms with Crippen LogP contribution in [0.25, 0.3) is 10.2 Å². The molecular weight excluding hydrogens is 398 g/mol. The molecule has 0 spiro atoms. The molecule has 1 aliphatic heterocycles. The number of piperazine rings is 1. The van der Waals surface area contributed by atoms with E-state index in [1.54, 1.807) is 17.4 Å². The summed E-state index contributed by atoms with van der Waals surface area (Å²) in [6, 6.07) is 13.9. The second-order valence-corrected chi connectivity index (χ2v) is 8.47. The van der Waals surface area contributed by atoms with Gasteiger partial charge in [-0.3, -0.25) is 4.90 Å². The Hall–Kier alpha value is -2.64. The van der Waals surface area contributed by atoms with Crippen molar-refractivity contribution in [1.82, 2.24) is 9.88 Å². The summed E-state index contributed by atoms with van der Waals surface area (Å²) >= 11 is 1.76. The third-order valence-corrected chi connectivity index (χ3v) is 6.28. The lowest BCUT2D eigenvalue weighted by atomic mass is 10.1. The summed E-state index contributed by atoms with van der Waals surface area (Å²) in [7, 11) is 1.42. The highest BCUT2D eigenvalue weighted by Gasteiger charge is 2.23. The third-order valence-electron chi connectivity index (χ3n) is 5.26. The maximum absolute atomic E-state index is 12.3. The van der Waals surface area contributed by atoms with Gasteiger partial charge in [-0.15, -0.1) is 11.3 Å². The predicted molar refractivity (Wildman–Crippen MR) is 121 cm³/mol. The maximum Gasteiger partial charge on any atom is 0.339 e. The first kappa shape index (κ1) is 20.6. The summed E-state index contributed by atoms with van der Waals surface area (Å²) in [5.74, 6) is 0.473. The smallest absolute Gasteiger partial charge is 0.339 e. The van der Waals surface area contributed by atoms with Crippen LogP contribution in [-0.2, 0) is 11.3 Å². The van der Waals surface area contributed by atoms with E-state index in [1.165, 1.54) is 11.8 Å². The molecule has 7 heteroatoms. The topological polar surface area (TPSA) is 54.9 Å². The van der Waals surface area contributed by atoms with Crippen molar-refractivity contribution in [3.05, 3.63) is 53.0 Å². The van der Waals surface area contributed by atoms with Gasteiger partial charge in [0.2, 0.25) is 0 Å². The number of thiazole rings is 1. The minimum Gasteiger partial charge on any atom is -0.494 e. The number of anilines is 1. The Balaban J connectivity index is 1.45. The van der Waals surface area contributed by atoms with E-state index in [0.29, 0.717) is 12.2 Å². The Morgan fingerprint density at radius 3 is 2.67 bits per heavy atom. The Bertz CT molecular complexity index is 979.